The Morgan fingerprint density at radius 3 is 2.80 bits per heavy atom. The van der Waals surface area contributed by atoms with E-state index in [9.17, 15) is 0 Å². The zero-order valence-electron chi connectivity index (χ0n) is 13.1. The molecular weight excluding hydrogens is 248 g/mol. The zero-order valence-corrected chi connectivity index (χ0v) is 13.1. The Morgan fingerprint density at radius 2 is 2.15 bits per heavy atom. The predicted octanol–water partition coefficient (Wildman–Crippen LogP) is 3.05. The fourth-order valence-corrected chi connectivity index (χ4v) is 3.47. The summed E-state index contributed by atoms with van der Waals surface area (Å²) in [5.41, 5.74) is 1.59. The van der Waals surface area contributed by atoms with E-state index in [1.54, 1.807) is 7.11 Å². The van der Waals surface area contributed by atoms with Crippen LogP contribution in [0.1, 0.15) is 38.2 Å². The number of nitrogens with zero attached hydrogens (tertiary/aromatic N) is 1. The van der Waals surface area contributed by atoms with Crippen LogP contribution in [0.25, 0.3) is 0 Å². The van der Waals surface area contributed by atoms with E-state index in [0.717, 1.165) is 18.8 Å². The lowest BCUT2D eigenvalue weighted by molar-refractivity contribution is 0.206. The van der Waals surface area contributed by atoms with Crippen LogP contribution in [0.15, 0.2) is 24.3 Å². The van der Waals surface area contributed by atoms with E-state index in [-0.39, 0.29) is 0 Å². The van der Waals surface area contributed by atoms with Crippen molar-refractivity contribution in [1.82, 2.24) is 10.2 Å². The molecule has 3 nitrogen and oxygen atoms in total. The molecule has 0 amide bonds. The standard InChI is InChI=1S/C17H28N2O/c1-4-10-17(11-7-12-18-17)14-19(2)13-15-8-5-6-9-16(15)20-3/h5-6,8-9,18H,4,7,10-14H2,1-3H3. The van der Waals surface area contributed by atoms with E-state index in [1.807, 2.05) is 12.1 Å². The molecule has 1 unspecified atom stereocenters. The van der Waals surface area contributed by atoms with Gasteiger partial charge in [0.05, 0.1) is 7.11 Å². The molecule has 1 aliphatic heterocycles. The molecule has 0 saturated carbocycles. The summed E-state index contributed by atoms with van der Waals surface area (Å²) in [5, 5.41) is 3.74. The van der Waals surface area contributed by atoms with Crippen molar-refractivity contribution in [2.24, 2.45) is 0 Å². The third-order valence-electron chi connectivity index (χ3n) is 4.27. The summed E-state index contributed by atoms with van der Waals surface area (Å²) in [6, 6.07) is 8.31. The molecule has 0 radical (unpaired) electrons. The van der Waals surface area contributed by atoms with Crippen molar-refractivity contribution < 1.29 is 4.74 Å². The summed E-state index contributed by atoms with van der Waals surface area (Å²) in [4.78, 5) is 2.42. The third-order valence-corrected chi connectivity index (χ3v) is 4.27. The van der Waals surface area contributed by atoms with Gasteiger partial charge in [0.15, 0.2) is 0 Å². The molecule has 2 rings (SSSR count). The second-order valence-corrected chi connectivity index (χ2v) is 6.04. The first-order valence-electron chi connectivity index (χ1n) is 7.74. The number of ether oxygens (including phenoxy) is 1. The smallest absolute Gasteiger partial charge is 0.123 e. The molecule has 112 valence electrons. The average Bonchev–Trinajstić information content (AvgIpc) is 2.88. The van der Waals surface area contributed by atoms with E-state index in [4.69, 9.17) is 4.74 Å². The molecule has 0 aromatic heterocycles. The van der Waals surface area contributed by atoms with Crippen LogP contribution in [0.4, 0.5) is 0 Å². The van der Waals surface area contributed by atoms with Gasteiger partial charge in [0.2, 0.25) is 0 Å². The molecule has 3 heteroatoms. The van der Waals surface area contributed by atoms with Gasteiger partial charge in [-0.15, -0.1) is 0 Å². The highest BCUT2D eigenvalue weighted by atomic mass is 16.5. The monoisotopic (exact) mass is 276 g/mol. The third kappa shape index (κ3) is 3.74. The van der Waals surface area contributed by atoms with E-state index in [1.165, 1.54) is 37.8 Å². The first-order chi connectivity index (χ1) is 9.69. The summed E-state index contributed by atoms with van der Waals surface area (Å²) in [7, 11) is 3.96. The van der Waals surface area contributed by atoms with Gasteiger partial charge in [0, 0.05) is 24.2 Å². The summed E-state index contributed by atoms with van der Waals surface area (Å²) >= 11 is 0. The van der Waals surface area contributed by atoms with Crippen molar-refractivity contribution >= 4 is 0 Å². The molecule has 1 fully saturated rings. The number of methoxy groups -OCH3 is 1. The fourth-order valence-electron chi connectivity index (χ4n) is 3.47. The van der Waals surface area contributed by atoms with Crippen LogP contribution in [0.5, 0.6) is 5.75 Å². The predicted molar refractivity (Wildman–Crippen MR) is 84.2 cm³/mol. The number of para-hydroxylation sites is 1. The van der Waals surface area contributed by atoms with Crippen molar-refractivity contribution in [2.75, 3.05) is 27.2 Å². The maximum Gasteiger partial charge on any atom is 0.123 e. The number of hydrogen-bond donors (Lipinski definition) is 1. The maximum absolute atomic E-state index is 5.45. The van der Waals surface area contributed by atoms with Crippen LogP contribution in [-0.2, 0) is 6.54 Å². The molecule has 1 aliphatic rings. The lowest BCUT2D eigenvalue weighted by atomic mass is 9.91. The number of likely N-dealkylation sites (N-methyl/N-ethyl adjacent to an activating group) is 1. The summed E-state index contributed by atoms with van der Waals surface area (Å²) in [6.07, 6.45) is 5.12. The lowest BCUT2D eigenvalue weighted by Crippen LogP contribution is -2.48. The van der Waals surface area contributed by atoms with Gasteiger partial charge in [-0.3, -0.25) is 0 Å². The molecule has 1 aromatic carbocycles. The molecule has 1 saturated heterocycles. The van der Waals surface area contributed by atoms with Gasteiger partial charge >= 0.3 is 0 Å². The van der Waals surface area contributed by atoms with Crippen LogP contribution in [-0.4, -0.2) is 37.7 Å². The Bertz CT molecular complexity index is 413. The average molecular weight is 276 g/mol. The van der Waals surface area contributed by atoms with E-state index in [0.29, 0.717) is 5.54 Å². The summed E-state index contributed by atoms with van der Waals surface area (Å²) in [6.45, 7) is 5.50. The van der Waals surface area contributed by atoms with E-state index >= 15 is 0 Å². The molecule has 0 aliphatic carbocycles. The summed E-state index contributed by atoms with van der Waals surface area (Å²) < 4.78 is 5.45. The first kappa shape index (κ1) is 15.3. The Kier molecular flexibility index (Phi) is 5.44. The maximum atomic E-state index is 5.45. The molecule has 1 aromatic rings. The minimum atomic E-state index is 0.325. The van der Waals surface area contributed by atoms with Crippen LogP contribution in [0.2, 0.25) is 0 Å². The van der Waals surface area contributed by atoms with Crippen LogP contribution in [0.3, 0.4) is 0 Å². The first-order valence-corrected chi connectivity index (χ1v) is 7.74. The Hall–Kier alpha value is -1.06. The van der Waals surface area contributed by atoms with E-state index < -0.39 is 0 Å². The number of rotatable bonds is 7. The molecule has 1 atom stereocenters. The van der Waals surface area contributed by atoms with Crippen molar-refractivity contribution in [3.05, 3.63) is 29.8 Å². The topological polar surface area (TPSA) is 24.5 Å². The minimum absolute atomic E-state index is 0.325. The van der Waals surface area contributed by atoms with Crippen LogP contribution < -0.4 is 10.1 Å². The second kappa shape index (κ2) is 7.09. The van der Waals surface area contributed by atoms with Gasteiger partial charge in [-0.05, 0) is 38.9 Å². The molecule has 0 bridgehead atoms. The van der Waals surface area contributed by atoms with Gasteiger partial charge in [-0.2, -0.15) is 0 Å². The van der Waals surface area contributed by atoms with Gasteiger partial charge in [0.1, 0.15) is 5.75 Å². The molecule has 20 heavy (non-hydrogen) atoms. The quantitative estimate of drug-likeness (QED) is 0.828. The van der Waals surface area contributed by atoms with Crippen molar-refractivity contribution in [3.8, 4) is 5.75 Å². The van der Waals surface area contributed by atoms with Crippen LogP contribution in [0, 0.1) is 0 Å². The molecule has 1 heterocycles. The largest absolute Gasteiger partial charge is 0.496 e. The fraction of sp³-hybridized carbons (Fsp3) is 0.647. The van der Waals surface area contributed by atoms with Gasteiger partial charge < -0.3 is 15.0 Å². The molecular formula is C17H28N2O. The van der Waals surface area contributed by atoms with Gasteiger partial charge in [0.25, 0.3) is 0 Å². The van der Waals surface area contributed by atoms with Gasteiger partial charge in [-0.1, -0.05) is 31.5 Å². The number of benzene rings is 1. The van der Waals surface area contributed by atoms with Crippen molar-refractivity contribution in [3.63, 3.8) is 0 Å². The van der Waals surface area contributed by atoms with E-state index in [2.05, 4.69) is 36.3 Å². The Balaban J connectivity index is 1.99. The Labute approximate surface area is 123 Å². The normalized spacial score (nSPS) is 22.4. The van der Waals surface area contributed by atoms with Crippen molar-refractivity contribution in [1.29, 1.82) is 0 Å². The SMILES string of the molecule is CCCC1(CN(C)Cc2ccccc2OC)CCCN1. The minimum Gasteiger partial charge on any atom is -0.496 e. The highest BCUT2D eigenvalue weighted by molar-refractivity contribution is 5.33. The lowest BCUT2D eigenvalue weighted by Gasteiger charge is -2.34. The highest BCUT2D eigenvalue weighted by Gasteiger charge is 2.33. The Morgan fingerprint density at radius 1 is 1.35 bits per heavy atom. The second-order valence-electron chi connectivity index (χ2n) is 6.04. The molecule has 0 spiro atoms. The number of nitrogens with one attached hydrogen (secondary N) is 1. The highest BCUT2D eigenvalue weighted by Crippen LogP contribution is 2.27. The zero-order chi connectivity index (χ0) is 14.4. The van der Waals surface area contributed by atoms with Crippen LogP contribution >= 0.6 is 0 Å². The van der Waals surface area contributed by atoms with Crippen molar-refractivity contribution in [2.45, 2.75) is 44.7 Å². The summed E-state index contributed by atoms with van der Waals surface area (Å²) in [5.74, 6) is 0.989. The van der Waals surface area contributed by atoms with Gasteiger partial charge in [-0.25, -0.2) is 0 Å². The number of hydrogen-bond acceptors (Lipinski definition) is 3. The molecule has 1 N–H and O–H groups in total.